The lowest BCUT2D eigenvalue weighted by Crippen LogP contribution is -2.29. The number of anilines is 1. The zero-order valence-electron chi connectivity index (χ0n) is 22.3. The summed E-state index contributed by atoms with van der Waals surface area (Å²) in [6, 6.07) is 23.0. The number of hydrogen-bond donors (Lipinski definition) is 1. The number of methoxy groups -OCH3 is 1. The van der Waals surface area contributed by atoms with E-state index in [1.54, 1.807) is 30.3 Å². The van der Waals surface area contributed by atoms with E-state index < -0.39 is 17.7 Å². The van der Waals surface area contributed by atoms with Crippen LogP contribution >= 0.6 is 11.3 Å². The molecule has 1 atom stereocenters. The van der Waals surface area contributed by atoms with Crippen LogP contribution in [0.1, 0.15) is 28.3 Å². The van der Waals surface area contributed by atoms with E-state index in [1.807, 2.05) is 55.5 Å². The van der Waals surface area contributed by atoms with Crippen LogP contribution in [0.15, 0.2) is 96.8 Å². The van der Waals surface area contributed by atoms with Crippen molar-refractivity contribution in [2.75, 3.05) is 12.0 Å². The number of nitrogens with zero attached hydrogens (tertiary/aromatic N) is 3. The van der Waals surface area contributed by atoms with Gasteiger partial charge in [0.1, 0.15) is 12.4 Å². The Morgan fingerprint density at radius 1 is 0.976 bits per heavy atom. The maximum Gasteiger partial charge on any atom is 0.301 e. The number of rotatable bonds is 7. The molecule has 1 aliphatic rings. The monoisotopic (exact) mass is 563 g/mol. The number of carbonyl (C=O) groups excluding carboxylic acids is 2. The molecule has 1 fully saturated rings. The van der Waals surface area contributed by atoms with Crippen molar-refractivity contribution in [2.45, 2.75) is 19.6 Å². The average molecular weight is 564 g/mol. The highest BCUT2D eigenvalue weighted by molar-refractivity contribution is 7.22. The first-order chi connectivity index (χ1) is 19.9. The Balaban J connectivity index is 1.47. The molecule has 0 aliphatic carbocycles. The highest BCUT2D eigenvalue weighted by Gasteiger charge is 2.48. The highest BCUT2D eigenvalue weighted by Crippen LogP contribution is 2.46. The van der Waals surface area contributed by atoms with Crippen molar-refractivity contribution in [1.82, 2.24) is 9.97 Å². The van der Waals surface area contributed by atoms with Crippen LogP contribution in [-0.2, 0) is 16.2 Å². The van der Waals surface area contributed by atoms with E-state index in [9.17, 15) is 14.7 Å². The van der Waals surface area contributed by atoms with Crippen LogP contribution in [0.25, 0.3) is 16.0 Å². The Labute approximate surface area is 240 Å². The van der Waals surface area contributed by atoms with Gasteiger partial charge < -0.3 is 14.6 Å². The minimum absolute atomic E-state index is 0.0448. The van der Waals surface area contributed by atoms with Crippen molar-refractivity contribution >= 4 is 44.1 Å². The molecule has 1 saturated heterocycles. The van der Waals surface area contributed by atoms with Crippen molar-refractivity contribution in [3.63, 3.8) is 0 Å². The first-order valence-corrected chi connectivity index (χ1v) is 13.7. The predicted octanol–water partition coefficient (Wildman–Crippen LogP) is 6.21. The Hall–Kier alpha value is -5.02. The summed E-state index contributed by atoms with van der Waals surface area (Å²) in [4.78, 5) is 37.2. The van der Waals surface area contributed by atoms with Crippen LogP contribution in [0.3, 0.4) is 0 Å². The molecule has 1 aliphatic heterocycles. The van der Waals surface area contributed by atoms with Crippen LogP contribution in [-0.4, -0.2) is 33.9 Å². The number of aliphatic hydroxyl groups excluding tert-OH is 1. The van der Waals surface area contributed by atoms with Gasteiger partial charge in [-0.2, -0.15) is 0 Å². The number of aliphatic hydroxyl groups is 1. The van der Waals surface area contributed by atoms with Gasteiger partial charge in [-0.05, 0) is 60.0 Å². The van der Waals surface area contributed by atoms with E-state index in [2.05, 4.69) is 9.97 Å². The van der Waals surface area contributed by atoms with Crippen molar-refractivity contribution in [1.29, 1.82) is 0 Å². The number of aryl methyl sites for hydroxylation is 1. The molecule has 0 spiro atoms. The van der Waals surface area contributed by atoms with Crippen molar-refractivity contribution in [3.8, 4) is 11.5 Å². The largest absolute Gasteiger partial charge is 0.507 e. The van der Waals surface area contributed by atoms with Crippen molar-refractivity contribution in [2.24, 2.45) is 0 Å². The van der Waals surface area contributed by atoms with Gasteiger partial charge in [0.25, 0.3) is 5.78 Å². The van der Waals surface area contributed by atoms with E-state index >= 15 is 0 Å². The SMILES string of the molecule is COc1cc(C2/C(=C(\O)c3ccncc3)C(=O)C(=O)N2c2nc3ccc(C)cc3s2)ccc1OCc1ccccc1. The summed E-state index contributed by atoms with van der Waals surface area (Å²) in [6.07, 6.45) is 3.02. The lowest BCUT2D eigenvalue weighted by atomic mass is 9.95. The second-order valence-electron chi connectivity index (χ2n) is 9.56. The summed E-state index contributed by atoms with van der Waals surface area (Å²) in [6.45, 7) is 2.32. The van der Waals surface area contributed by atoms with Gasteiger partial charge in [0, 0.05) is 18.0 Å². The topological polar surface area (TPSA) is 102 Å². The molecule has 5 aromatic rings. The zero-order chi connectivity index (χ0) is 28.5. The number of carbonyl (C=O) groups is 2. The first-order valence-electron chi connectivity index (χ1n) is 12.9. The Morgan fingerprint density at radius 3 is 2.51 bits per heavy atom. The maximum atomic E-state index is 13.6. The van der Waals surface area contributed by atoms with Crippen LogP contribution in [0, 0.1) is 6.92 Å². The van der Waals surface area contributed by atoms with Crippen LogP contribution < -0.4 is 14.4 Å². The maximum absolute atomic E-state index is 13.6. The average Bonchev–Trinajstić information content (AvgIpc) is 3.53. The fourth-order valence-electron chi connectivity index (χ4n) is 4.84. The highest BCUT2D eigenvalue weighted by atomic mass is 32.1. The summed E-state index contributed by atoms with van der Waals surface area (Å²) >= 11 is 1.31. The number of thiazole rings is 1. The molecule has 1 unspecified atom stereocenters. The molecule has 2 aromatic heterocycles. The zero-order valence-corrected chi connectivity index (χ0v) is 23.1. The predicted molar refractivity (Wildman–Crippen MR) is 157 cm³/mol. The van der Waals surface area contributed by atoms with Gasteiger partial charge in [0.05, 0.1) is 28.9 Å². The number of aromatic nitrogens is 2. The second kappa shape index (κ2) is 10.9. The summed E-state index contributed by atoms with van der Waals surface area (Å²) in [5.74, 6) is -0.944. The van der Waals surface area contributed by atoms with E-state index in [-0.39, 0.29) is 11.3 Å². The molecule has 1 N–H and O–H groups in total. The summed E-state index contributed by atoms with van der Waals surface area (Å²) in [5.41, 5.74) is 3.65. The third kappa shape index (κ3) is 4.92. The number of pyridine rings is 1. The number of benzene rings is 3. The van der Waals surface area contributed by atoms with Gasteiger partial charge >= 0.3 is 5.91 Å². The van der Waals surface area contributed by atoms with E-state index in [0.717, 1.165) is 15.8 Å². The van der Waals surface area contributed by atoms with Gasteiger partial charge in [0.2, 0.25) is 0 Å². The Bertz CT molecular complexity index is 1800. The lowest BCUT2D eigenvalue weighted by Gasteiger charge is -2.24. The van der Waals surface area contributed by atoms with E-state index in [1.165, 1.54) is 35.7 Å². The van der Waals surface area contributed by atoms with Crippen molar-refractivity contribution in [3.05, 3.63) is 119 Å². The number of ketones is 1. The first kappa shape index (κ1) is 26.2. The molecule has 0 saturated carbocycles. The molecule has 8 nitrogen and oxygen atoms in total. The number of amides is 1. The quantitative estimate of drug-likeness (QED) is 0.143. The van der Waals surface area contributed by atoms with Gasteiger partial charge in [-0.1, -0.05) is 53.8 Å². The number of hydrogen-bond acceptors (Lipinski definition) is 8. The molecule has 0 bridgehead atoms. The summed E-state index contributed by atoms with van der Waals surface area (Å²) in [5, 5.41) is 11.7. The number of Topliss-reactive ketones (excluding diaryl/α,β-unsaturated/α-hetero) is 1. The molecular formula is C32H25N3O5S. The molecule has 204 valence electrons. The smallest absolute Gasteiger partial charge is 0.301 e. The van der Waals surface area contributed by atoms with Gasteiger partial charge in [-0.15, -0.1) is 0 Å². The van der Waals surface area contributed by atoms with Gasteiger partial charge in [0.15, 0.2) is 16.6 Å². The van der Waals surface area contributed by atoms with Crippen LogP contribution in [0.4, 0.5) is 5.13 Å². The fourth-order valence-corrected chi connectivity index (χ4v) is 5.93. The summed E-state index contributed by atoms with van der Waals surface area (Å²) < 4.78 is 12.6. The standard InChI is InChI=1S/C32H25N3O5S/c1-19-8-10-23-26(16-19)41-32(34-23)35-28(27(30(37)31(35)38)29(36)21-12-14-33-15-13-21)22-9-11-24(25(17-22)39-2)40-18-20-6-4-3-5-7-20/h3-17,28,36H,18H2,1-2H3/b29-27+. The number of ether oxygens (including phenoxy) is 2. The van der Waals surface area contributed by atoms with Gasteiger partial charge in [-0.25, -0.2) is 4.98 Å². The molecule has 3 heterocycles. The van der Waals surface area contributed by atoms with Crippen molar-refractivity contribution < 1.29 is 24.2 Å². The van der Waals surface area contributed by atoms with Crippen LogP contribution in [0.5, 0.6) is 11.5 Å². The van der Waals surface area contributed by atoms with Crippen LogP contribution in [0.2, 0.25) is 0 Å². The molecule has 1 amide bonds. The molecule has 0 radical (unpaired) electrons. The molecule has 6 rings (SSSR count). The molecular weight excluding hydrogens is 538 g/mol. The third-order valence-electron chi connectivity index (χ3n) is 6.88. The Kier molecular flexibility index (Phi) is 6.94. The van der Waals surface area contributed by atoms with E-state index in [0.29, 0.717) is 39.9 Å². The minimum Gasteiger partial charge on any atom is -0.507 e. The Morgan fingerprint density at radius 2 is 1.76 bits per heavy atom. The fraction of sp³-hybridized carbons (Fsp3) is 0.125. The summed E-state index contributed by atoms with van der Waals surface area (Å²) in [7, 11) is 1.53. The lowest BCUT2D eigenvalue weighted by molar-refractivity contribution is -0.132. The molecule has 3 aromatic carbocycles. The third-order valence-corrected chi connectivity index (χ3v) is 7.89. The molecule has 41 heavy (non-hydrogen) atoms. The van der Waals surface area contributed by atoms with E-state index in [4.69, 9.17) is 9.47 Å². The molecule has 9 heteroatoms. The normalized spacial score (nSPS) is 16.3. The number of fused-ring (bicyclic) bond motifs is 1. The van der Waals surface area contributed by atoms with Gasteiger partial charge in [-0.3, -0.25) is 19.5 Å². The minimum atomic E-state index is -0.957. The second-order valence-corrected chi connectivity index (χ2v) is 10.6.